The molecule has 7 heteroatoms. The maximum Gasteiger partial charge on any atom is 0.408 e. The van der Waals surface area contributed by atoms with Gasteiger partial charge in [-0.25, -0.2) is 9.59 Å². The topological polar surface area (TPSA) is 90.9 Å². The number of amides is 1. The van der Waals surface area contributed by atoms with Gasteiger partial charge in [0.2, 0.25) is 0 Å². The quantitative estimate of drug-likeness (QED) is 0.232. The van der Waals surface area contributed by atoms with Crippen LogP contribution >= 0.6 is 0 Å². The van der Waals surface area contributed by atoms with Crippen LogP contribution in [0.3, 0.4) is 0 Å². The molecule has 0 spiro atoms. The highest BCUT2D eigenvalue weighted by atomic mass is 16.6. The molecule has 0 unspecified atom stereocenters. The average molecular weight is 416 g/mol. The van der Waals surface area contributed by atoms with Crippen molar-refractivity contribution in [3.05, 3.63) is 0 Å². The van der Waals surface area contributed by atoms with E-state index in [0.717, 1.165) is 32.1 Å². The third kappa shape index (κ3) is 16.8. The van der Waals surface area contributed by atoms with Crippen molar-refractivity contribution in [1.29, 1.82) is 0 Å². The molecular formula is C22H41NO6. The Morgan fingerprint density at radius 2 is 1.41 bits per heavy atom. The molecule has 0 aromatic carbocycles. The molecule has 0 heterocycles. The van der Waals surface area contributed by atoms with E-state index in [-0.39, 0.29) is 25.4 Å². The molecule has 7 nitrogen and oxygen atoms in total. The van der Waals surface area contributed by atoms with Crippen LogP contribution in [0.5, 0.6) is 0 Å². The number of esters is 2. The van der Waals surface area contributed by atoms with Crippen LogP contribution in [-0.4, -0.2) is 42.9 Å². The minimum atomic E-state index is -0.941. The van der Waals surface area contributed by atoms with Gasteiger partial charge in [-0.2, -0.15) is 0 Å². The van der Waals surface area contributed by atoms with Gasteiger partial charge >= 0.3 is 18.0 Å². The van der Waals surface area contributed by atoms with Crippen LogP contribution < -0.4 is 5.32 Å². The summed E-state index contributed by atoms with van der Waals surface area (Å²) in [5.74, 6) is -0.941. The van der Waals surface area contributed by atoms with Gasteiger partial charge in [-0.3, -0.25) is 4.79 Å². The van der Waals surface area contributed by atoms with E-state index in [0.29, 0.717) is 6.61 Å². The van der Waals surface area contributed by atoms with Crippen molar-refractivity contribution in [2.24, 2.45) is 0 Å². The Kier molecular flexibility index (Phi) is 15.1. The second-order valence-corrected chi connectivity index (χ2v) is 8.25. The Bertz CT molecular complexity index is 472. The zero-order valence-electron chi connectivity index (χ0n) is 19.0. The fourth-order valence-corrected chi connectivity index (χ4v) is 2.52. The number of nitrogens with one attached hydrogen (secondary N) is 1. The number of carbonyl (C=O) groups excluding carboxylic acids is 3. The minimum Gasteiger partial charge on any atom is -0.466 e. The van der Waals surface area contributed by atoms with E-state index in [2.05, 4.69) is 12.2 Å². The van der Waals surface area contributed by atoms with Crippen molar-refractivity contribution in [3.63, 3.8) is 0 Å². The SMILES string of the molecule is CCCCCCCCOC(=O)CC[C@H](NC(=O)OC(C)(C)C)C(=O)OCCCC. The van der Waals surface area contributed by atoms with Gasteiger partial charge in [0.15, 0.2) is 0 Å². The van der Waals surface area contributed by atoms with Crippen molar-refractivity contribution >= 4 is 18.0 Å². The number of ether oxygens (including phenoxy) is 3. The summed E-state index contributed by atoms with van der Waals surface area (Å²) in [7, 11) is 0. The van der Waals surface area contributed by atoms with Crippen LogP contribution in [0.15, 0.2) is 0 Å². The lowest BCUT2D eigenvalue weighted by Gasteiger charge is -2.22. The second-order valence-electron chi connectivity index (χ2n) is 8.25. The summed E-state index contributed by atoms with van der Waals surface area (Å²) in [6.45, 7) is 10.0. The fourth-order valence-electron chi connectivity index (χ4n) is 2.52. The standard InChI is InChI=1S/C22H41NO6/c1-6-8-10-11-12-13-17-27-19(24)15-14-18(20(25)28-16-9-7-2)23-21(26)29-22(3,4)5/h18H,6-17H2,1-5H3,(H,23,26)/t18-/m0/s1. The zero-order chi connectivity index (χ0) is 22.1. The second kappa shape index (κ2) is 16.1. The molecule has 0 aliphatic carbocycles. The van der Waals surface area contributed by atoms with Crippen molar-refractivity contribution in [2.45, 2.75) is 110 Å². The zero-order valence-corrected chi connectivity index (χ0v) is 19.0. The normalized spacial score (nSPS) is 12.2. The molecule has 0 saturated carbocycles. The first-order chi connectivity index (χ1) is 13.7. The van der Waals surface area contributed by atoms with Gasteiger partial charge in [0.25, 0.3) is 0 Å². The van der Waals surface area contributed by atoms with Gasteiger partial charge < -0.3 is 19.5 Å². The molecule has 0 aliphatic heterocycles. The van der Waals surface area contributed by atoms with Crippen molar-refractivity contribution in [2.75, 3.05) is 13.2 Å². The van der Waals surface area contributed by atoms with Crippen LogP contribution in [0.2, 0.25) is 0 Å². The lowest BCUT2D eigenvalue weighted by Crippen LogP contribution is -2.44. The molecule has 0 rings (SSSR count). The number of hydrogen-bond acceptors (Lipinski definition) is 6. The van der Waals surface area contributed by atoms with Crippen LogP contribution in [0, 0.1) is 0 Å². The molecule has 29 heavy (non-hydrogen) atoms. The Morgan fingerprint density at radius 3 is 2.03 bits per heavy atom. The van der Waals surface area contributed by atoms with E-state index in [1.165, 1.54) is 19.3 Å². The van der Waals surface area contributed by atoms with Crippen molar-refractivity contribution in [1.82, 2.24) is 5.32 Å². The van der Waals surface area contributed by atoms with E-state index >= 15 is 0 Å². The Morgan fingerprint density at radius 1 is 0.828 bits per heavy atom. The average Bonchev–Trinajstić information content (AvgIpc) is 2.63. The van der Waals surface area contributed by atoms with Gasteiger partial charge in [0.05, 0.1) is 13.2 Å². The summed E-state index contributed by atoms with van der Waals surface area (Å²) in [5, 5.41) is 2.51. The lowest BCUT2D eigenvalue weighted by atomic mass is 10.1. The van der Waals surface area contributed by atoms with Gasteiger partial charge in [-0.15, -0.1) is 0 Å². The third-order valence-electron chi connectivity index (χ3n) is 4.12. The molecule has 0 aromatic rings. The van der Waals surface area contributed by atoms with E-state index < -0.39 is 23.7 Å². The van der Waals surface area contributed by atoms with Gasteiger partial charge in [0.1, 0.15) is 11.6 Å². The number of unbranched alkanes of at least 4 members (excludes halogenated alkanes) is 6. The first kappa shape index (κ1) is 27.2. The largest absolute Gasteiger partial charge is 0.466 e. The van der Waals surface area contributed by atoms with Crippen LogP contribution in [0.25, 0.3) is 0 Å². The smallest absolute Gasteiger partial charge is 0.408 e. The highest BCUT2D eigenvalue weighted by Crippen LogP contribution is 2.10. The predicted molar refractivity (Wildman–Crippen MR) is 113 cm³/mol. The highest BCUT2D eigenvalue weighted by molar-refractivity contribution is 5.82. The van der Waals surface area contributed by atoms with Crippen LogP contribution in [0.4, 0.5) is 4.79 Å². The molecule has 0 saturated heterocycles. The molecule has 0 aliphatic rings. The number of alkyl carbamates (subject to hydrolysis) is 1. The molecule has 1 N–H and O–H groups in total. The first-order valence-corrected chi connectivity index (χ1v) is 11.0. The summed E-state index contributed by atoms with van der Waals surface area (Å²) in [4.78, 5) is 36.2. The molecule has 0 radical (unpaired) electrons. The van der Waals surface area contributed by atoms with Crippen LogP contribution in [0.1, 0.15) is 98.8 Å². The summed E-state index contributed by atoms with van der Waals surface area (Å²) in [5.41, 5.74) is -0.684. The predicted octanol–water partition coefficient (Wildman–Crippen LogP) is 4.91. The molecular weight excluding hydrogens is 374 g/mol. The van der Waals surface area contributed by atoms with Crippen molar-refractivity contribution in [3.8, 4) is 0 Å². The first-order valence-electron chi connectivity index (χ1n) is 11.0. The summed E-state index contributed by atoms with van der Waals surface area (Å²) >= 11 is 0. The Hall–Kier alpha value is -1.79. The Balaban J connectivity index is 4.38. The van der Waals surface area contributed by atoms with E-state index in [9.17, 15) is 14.4 Å². The Labute approximate surface area is 176 Å². The molecule has 170 valence electrons. The number of carbonyl (C=O) groups is 3. The van der Waals surface area contributed by atoms with Crippen LogP contribution in [-0.2, 0) is 23.8 Å². The van der Waals surface area contributed by atoms with Gasteiger partial charge in [-0.1, -0.05) is 52.4 Å². The summed E-state index contributed by atoms with van der Waals surface area (Å²) in [6, 6.07) is -0.941. The monoisotopic (exact) mass is 415 g/mol. The molecule has 0 bridgehead atoms. The summed E-state index contributed by atoms with van der Waals surface area (Å²) in [6.07, 6.45) is 7.74. The van der Waals surface area contributed by atoms with E-state index in [1.807, 2.05) is 6.92 Å². The van der Waals surface area contributed by atoms with Gasteiger partial charge in [0, 0.05) is 6.42 Å². The maximum atomic E-state index is 12.3. The lowest BCUT2D eigenvalue weighted by molar-refractivity contribution is -0.147. The maximum absolute atomic E-state index is 12.3. The fraction of sp³-hybridized carbons (Fsp3) is 0.864. The van der Waals surface area contributed by atoms with Crippen molar-refractivity contribution < 1.29 is 28.6 Å². The van der Waals surface area contributed by atoms with E-state index in [4.69, 9.17) is 14.2 Å². The minimum absolute atomic E-state index is 0.0270. The molecule has 0 fully saturated rings. The summed E-state index contributed by atoms with van der Waals surface area (Å²) < 4.78 is 15.6. The highest BCUT2D eigenvalue weighted by Gasteiger charge is 2.26. The van der Waals surface area contributed by atoms with E-state index in [1.54, 1.807) is 20.8 Å². The number of hydrogen-bond donors (Lipinski definition) is 1. The molecule has 1 atom stereocenters. The van der Waals surface area contributed by atoms with Gasteiger partial charge in [-0.05, 0) is 40.0 Å². The third-order valence-corrected chi connectivity index (χ3v) is 4.12. The number of rotatable bonds is 15. The molecule has 0 aromatic heterocycles. The molecule has 1 amide bonds.